The van der Waals surface area contributed by atoms with Gasteiger partial charge < -0.3 is 15.0 Å². The smallest absolute Gasteiger partial charge is 0.251 e. The molecule has 31 heavy (non-hydrogen) atoms. The molecular formula is C25H29BrN2O3. The van der Waals surface area contributed by atoms with Gasteiger partial charge in [0.2, 0.25) is 5.91 Å². The fourth-order valence-electron chi connectivity index (χ4n) is 4.74. The number of halogens is 1. The van der Waals surface area contributed by atoms with E-state index < -0.39 is 5.41 Å². The highest BCUT2D eigenvalue weighted by molar-refractivity contribution is 9.10. The highest BCUT2D eigenvalue weighted by Crippen LogP contribution is 2.38. The number of nitrogens with one attached hydrogen (secondary N) is 1. The van der Waals surface area contributed by atoms with Crippen LogP contribution in [-0.4, -0.2) is 49.1 Å². The third-order valence-electron chi connectivity index (χ3n) is 6.66. The summed E-state index contributed by atoms with van der Waals surface area (Å²) < 4.78 is 6.60. The molecule has 2 amide bonds. The van der Waals surface area contributed by atoms with Crippen molar-refractivity contribution in [3.05, 3.63) is 69.7 Å². The molecule has 1 N–H and O–H groups in total. The summed E-state index contributed by atoms with van der Waals surface area (Å²) in [5.41, 5.74) is 2.25. The van der Waals surface area contributed by atoms with Gasteiger partial charge in [0.05, 0.1) is 5.41 Å². The van der Waals surface area contributed by atoms with Crippen LogP contribution >= 0.6 is 15.9 Å². The fraction of sp³-hybridized carbons (Fsp3) is 0.440. The van der Waals surface area contributed by atoms with E-state index >= 15 is 0 Å². The van der Waals surface area contributed by atoms with Gasteiger partial charge in [-0.05, 0) is 61.9 Å². The van der Waals surface area contributed by atoms with Gasteiger partial charge in [0, 0.05) is 42.4 Å². The van der Waals surface area contributed by atoms with Gasteiger partial charge in [0.15, 0.2) is 0 Å². The molecule has 2 aliphatic rings. The van der Waals surface area contributed by atoms with E-state index in [9.17, 15) is 9.59 Å². The first-order valence-electron chi connectivity index (χ1n) is 11.0. The van der Waals surface area contributed by atoms with Crippen LogP contribution in [0.1, 0.15) is 47.2 Å². The molecule has 4 rings (SSSR count). The Morgan fingerprint density at radius 1 is 1.03 bits per heavy atom. The number of rotatable bonds is 4. The zero-order valence-electron chi connectivity index (χ0n) is 17.9. The summed E-state index contributed by atoms with van der Waals surface area (Å²) in [5, 5.41) is 3.16. The number of ether oxygens (including phenoxy) is 1. The lowest BCUT2D eigenvalue weighted by molar-refractivity contribution is -0.142. The van der Waals surface area contributed by atoms with Crippen LogP contribution < -0.4 is 5.32 Å². The number of carbonyl (C=O) groups excluding carboxylic acids is 2. The van der Waals surface area contributed by atoms with E-state index in [0.717, 1.165) is 34.0 Å². The van der Waals surface area contributed by atoms with Gasteiger partial charge in [-0.2, -0.15) is 0 Å². The molecule has 2 heterocycles. The fourth-order valence-corrected chi connectivity index (χ4v) is 5.00. The Morgan fingerprint density at radius 3 is 2.32 bits per heavy atom. The van der Waals surface area contributed by atoms with E-state index in [1.54, 1.807) is 0 Å². The van der Waals surface area contributed by atoms with E-state index in [1.807, 2.05) is 48.2 Å². The predicted octanol–water partition coefficient (Wildman–Crippen LogP) is 4.23. The van der Waals surface area contributed by atoms with Crippen molar-refractivity contribution in [2.75, 3.05) is 26.3 Å². The molecule has 2 aliphatic heterocycles. The van der Waals surface area contributed by atoms with Crippen molar-refractivity contribution < 1.29 is 14.3 Å². The molecule has 2 fully saturated rings. The first kappa shape index (κ1) is 22.0. The molecule has 5 nitrogen and oxygen atoms in total. The second kappa shape index (κ2) is 9.53. The summed E-state index contributed by atoms with van der Waals surface area (Å²) >= 11 is 3.49. The molecule has 0 saturated carbocycles. The third-order valence-corrected chi connectivity index (χ3v) is 7.19. The minimum absolute atomic E-state index is 0.0290. The lowest BCUT2D eigenvalue weighted by atomic mass is 9.72. The van der Waals surface area contributed by atoms with E-state index in [1.165, 1.54) is 0 Å². The molecular weight excluding hydrogens is 456 g/mol. The molecule has 0 bridgehead atoms. The van der Waals surface area contributed by atoms with Crippen LogP contribution in [0.5, 0.6) is 0 Å². The maximum atomic E-state index is 13.7. The largest absolute Gasteiger partial charge is 0.381 e. The van der Waals surface area contributed by atoms with Gasteiger partial charge in [0.25, 0.3) is 5.91 Å². The lowest BCUT2D eigenvalue weighted by Crippen LogP contribution is -2.54. The quantitative estimate of drug-likeness (QED) is 0.706. The molecule has 2 saturated heterocycles. The first-order valence-corrected chi connectivity index (χ1v) is 11.8. The minimum atomic E-state index is -0.518. The number of likely N-dealkylation sites (tertiary alicyclic amines) is 1. The van der Waals surface area contributed by atoms with E-state index in [0.29, 0.717) is 39.1 Å². The van der Waals surface area contributed by atoms with Crippen LogP contribution in [0, 0.1) is 6.92 Å². The molecule has 2 aromatic rings. The monoisotopic (exact) mass is 484 g/mol. The molecule has 0 unspecified atom stereocenters. The van der Waals surface area contributed by atoms with Gasteiger partial charge in [-0.1, -0.05) is 46.3 Å². The number of benzene rings is 2. The van der Waals surface area contributed by atoms with Crippen molar-refractivity contribution in [1.82, 2.24) is 10.2 Å². The predicted molar refractivity (Wildman–Crippen MR) is 124 cm³/mol. The number of amides is 2. The highest BCUT2D eigenvalue weighted by Gasteiger charge is 2.44. The number of piperidine rings is 1. The van der Waals surface area contributed by atoms with Gasteiger partial charge in [-0.3, -0.25) is 9.59 Å². The van der Waals surface area contributed by atoms with Crippen LogP contribution in [0.25, 0.3) is 0 Å². The van der Waals surface area contributed by atoms with Crippen molar-refractivity contribution in [2.45, 2.75) is 44.1 Å². The Morgan fingerprint density at radius 2 is 1.68 bits per heavy atom. The molecule has 0 radical (unpaired) electrons. The molecule has 164 valence electrons. The van der Waals surface area contributed by atoms with Crippen LogP contribution in [0.4, 0.5) is 0 Å². The maximum absolute atomic E-state index is 13.7. The van der Waals surface area contributed by atoms with Crippen molar-refractivity contribution in [1.29, 1.82) is 0 Å². The van der Waals surface area contributed by atoms with Crippen LogP contribution in [0.3, 0.4) is 0 Å². The van der Waals surface area contributed by atoms with Crippen molar-refractivity contribution >= 4 is 27.7 Å². The van der Waals surface area contributed by atoms with Crippen LogP contribution in [0.15, 0.2) is 53.0 Å². The van der Waals surface area contributed by atoms with E-state index in [-0.39, 0.29) is 17.9 Å². The van der Waals surface area contributed by atoms with E-state index in [2.05, 4.69) is 33.4 Å². The second-order valence-corrected chi connectivity index (χ2v) is 9.47. The Balaban J connectivity index is 1.42. The van der Waals surface area contributed by atoms with Crippen LogP contribution in [0.2, 0.25) is 0 Å². The molecule has 0 spiro atoms. The Hall–Kier alpha value is -2.18. The number of hydrogen-bond donors (Lipinski definition) is 1. The highest BCUT2D eigenvalue weighted by atomic mass is 79.9. The Labute approximate surface area is 192 Å². The normalized spacial score (nSPS) is 19.1. The minimum Gasteiger partial charge on any atom is -0.381 e. The summed E-state index contributed by atoms with van der Waals surface area (Å²) in [4.78, 5) is 28.4. The number of carbonyl (C=O) groups is 2. The summed E-state index contributed by atoms with van der Waals surface area (Å²) in [5.74, 6) is 0.167. The lowest BCUT2D eigenvalue weighted by Gasteiger charge is -2.42. The molecule has 0 aliphatic carbocycles. The first-order chi connectivity index (χ1) is 15.0. The maximum Gasteiger partial charge on any atom is 0.251 e. The molecule has 0 atom stereocenters. The van der Waals surface area contributed by atoms with Gasteiger partial charge in [-0.15, -0.1) is 0 Å². The zero-order valence-corrected chi connectivity index (χ0v) is 19.5. The Bertz CT molecular complexity index is 930. The number of aryl methyl sites for hydroxylation is 1. The average molecular weight is 485 g/mol. The van der Waals surface area contributed by atoms with Crippen molar-refractivity contribution in [2.24, 2.45) is 0 Å². The zero-order chi connectivity index (χ0) is 21.8. The van der Waals surface area contributed by atoms with E-state index in [4.69, 9.17) is 4.74 Å². The molecule has 2 aromatic carbocycles. The molecule has 0 aromatic heterocycles. The second-order valence-electron chi connectivity index (χ2n) is 8.56. The summed E-state index contributed by atoms with van der Waals surface area (Å²) in [6.07, 6.45) is 2.96. The van der Waals surface area contributed by atoms with Gasteiger partial charge in [-0.25, -0.2) is 0 Å². The Kier molecular flexibility index (Phi) is 6.77. The van der Waals surface area contributed by atoms with Crippen LogP contribution in [-0.2, 0) is 14.9 Å². The summed E-state index contributed by atoms with van der Waals surface area (Å²) in [6.45, 7) is 4.48. The standard InChI is InChI=1S/C25H29BrN2O3/c1-18-4-2-3-5-22(18)23(29)27-21-10-14-28(15-11-21)24(30)25(12-16-31-17-13-25)19-6-8-20(26)9-7-19/h2-9,21H,10-17H2,1H3,(H,27,29). The third kappa shape index (κ3) is 4.70. The number of hydrogen-bond acceptors (Lipinski definition) is 3. The summed E-state index contributed by atoms with van der Waals surface area (Å²) in [7, 11) is 0. The topological polar surface area (TPSA) is 58.6 Å². The van der Waals surface area contributed by atoms with Gasteiger partial charge >= 0.3 is 0 Å². The van der Waals surface area contributed by atoms with Crippen molar-refractivity contribution in [3.63, 3.8) is 0 Å². The molecule has 6 heteroatoms. The summed E-state index contributed by atoms with van der Waals surface area (Å²) in [6, 6.07) is 15.9. The average Bonchev–Trinajstić information content (AvgIpc) is 2.80. The number of nitrogens with zero attached hydrogens (tertiary/aromatic N) is 1. The van der Waals surface area contributed by atoms with Gasteiger partial charge in [0.1, 0.15) is 0 Å². The SMILES string of the molecule is Cc1ccccc1C(=O)NC1CCN(C(=O)C2(c3ccc(Br)cc3)CCOCC2)CC1. The van der Waals surface area contributed by atoms with Crippen molar-refractivity contribution in [3.8, 4) is 0 Å².